The molecule has 0 bridgehead atoms. The first-order valence-corrected chi connectivity index (χ1v) is 17.0. The fourth-order valence-electron chi connectivity index (χ4n) is 8.02. The van der Waals surface area contributed by atoms with Gasteiger partial charge < -0.3 is 0 Å². The van der Waals surface area contributed by atoms with E-state index in [0.717, 1.165) is 65.7 Å². The van der Waals surface area contributed by atoms with Crippen LogP contribution < -0.4 is 0 Å². The van der Waals surface area contributed by atoms with Gasteiger partial charge in [0.25, 0.3) is 0 Å². The molecule has 0 amide bonds. The Hall–Kier alpha value is -5.54. The van der Waals surface area contributed by atoms with Crippen molar-refractivity contribution in [3.05, 3.63) is 140 Å². The second kappa shape index (κ2) is 10.0. The zero-order valence-corrected chi connectivity index (χ0v) is 28.3. The van der Waals surface area contributed by atoms with Crippen molar-refractivity contribution in [2.75, 3.05) is 0 Å². The Morgan fingerprint density at radius 1 is 0.529 bits per heavy atom. The molecule has 0 fully saturated rings. The van der Waals surface area contributed by atoms with E-state index in [1.54, 1.807) is 23.5 Å². The summed E-state index contributed by atoms with van der Waals surface area (Å²) in [5, 5.41) is 2.01. The summed E-state index contributed by atoms with van der Waals surface area (Å²) in [6.07, 6.45) is 7.01. The lowest BCUT2D eigenvalue weighted by Gasteiger charge is -2.24. The van der Waals surface area contributed by atoms with Crippen LogP contribution in [-0.2, 0) is 20.4 Å². The Bertz CT molecular complexity index is 2570. The number of halogens is 4. The number of fused-ring (bicyclic) bond motifs is 7. The first-order chi connectivity index (χ1) is 24.1. The maximum absolute atomic E-state index is 14.5. The molecule has 9 rings (SSSR count). The van der Waals surface area contributed by atoms with Crippen molar-refractivity contribution in [2.45, 2.75) is 38.5 Å². The lowest BCUT2D eigenvalue weighted by Crippen LogP contribution is -2.17. The largest absolute Gasteiger partial charge is 0.285 e. The molecule has 0 spiro atoms. The van der Waals surface area contributed by atoms with E-state index in [4.69, 9.17) is 0 Å². The van der Waals surface area contributed by atoms with Gasteiger partial charge in [-0.25, -0.2) is 17.6 Å². The fraction of sp³-hybridized carbons (Fsp3) is 0.143. The van der Waals surface area contributed by atoms with Crippen LogP contribution in [0.15, 0.2) is 71.8 Å². The second-order valence-corrected chi connectivity index (χ2v) is 15.6. The maximum atomic E-state index is 14.5. The minimum absolute atomic E-state index is 0.0358. The topological polar surface area (TPSA) is 68.3 Å². The average Bonchev–Trinajstić information content (AvgIpc) is 3.74. The molecule has 51 heavy (non-hydrogen) atoms. The van der Waals surface area contributed by atoms with Crippen LogP contribution in [-0.4, -0.2) is 23.1 Å². The van der Waals surface area contributed by atoms with Crippen molar-refractivity contribution in [1.29, 1.82) is 0 Å². The maximum Gasteiger partial charge on any atom is 0.237 e. The summed E-state index contributed by atoms with van der Waals surface area (Å²) in [5.41, 5.74) is 3.03. The Balaban J connectivity index is 1.13. The first-order valence-electron chi connectivity index (χ1n) is 16.2. The highest BCUT2D eigenvalue weighted by Gasteiger charge is 2.41. The smallest absolute Gasteiger partial charge is 0.237 e. The van der Waals surface area contributed by atoms with Crippen molar-refractivity contribution in [1.82, 2.24) is 0 Å². The van der Waals surface area contributed by atoms with Crippen LogP contribution in [0.5, 0.6) is 0 Å². The van der Waals surface area contributed by atoms with E-state index >= 15 is 0 Å². The van der Waals surface area contributed by atoms with E-state index in [2.05, 4.69) is 24.3 Å². The molecule has 0 N–H and O–H groups in total. The number of Topliss-reactive ketones (excluding diaryl/α,β-unsaturated/α-hetero) is 4. The van der Waals surface area contributed by atoms with E-state index in [1.165, 1.54) is 0 Å². The third-order valence-electron chi connectivity index (χ3n) is 10.9. The number of carbonyl (C=O) groups excluding carboxylic acids is 4. The molecule has 0 saturated carbocycles. The number of benzene rings is 4. The van der Waals surface area contributed by atoms with Crippen LogP contribution in [0.1, 0.15) is 81.8 Å². The van der Waals surface area contributed by atoms with E-state index in [0.29, 0.717) is 12.1 Å². The highest BCUT2D eigenvalue weighted by atomic mass is 32.1. The predicted molar refractivity (Wildman–Crippen MR) is 189 cm³/mol. The Labute approximate surface area is 292 Å². The molecular weight excluding hydrogens is 677 g/mol. The first kappa shape index (κ1) is 31.4. The quantitative estimate of drug-likeness (QED) is 0.105. The molecule has 4 aliphatic carbocycles. The molecule has 0 aliphatic heterocycles. The summed E-state index contributed by atoms with van der Waals surface area (Å²) in [6.45, 7) is 7.97. The van der Waals surface area contributed by atoms with Gasteiger partial charge in [-0.3, -0.25) is 19.2 Å². The van der Waals surface area contributed by atoms with Crippen molar-refractivity contribution >= 4 is 77.9 Å². The SMILES string of the molecule is CC1(C)C(/C=C2\C(=O)C(=O)c3c(F)cc(F)cc32)=Cc2cc3sc4cc5c(cc4c3cc21)C(C)(C)C(/C=C1\C(=O)C(=O)c2c(F)cc(F)cc21)=C5. The van der Waals surface area contributed by atoms with Gasteiger partial charge in [0.05, 0.1) is 11.1 Å². The molecule has 4 aromatic carbocycles. The molecule has 250 valence electrons. The van der Waals surface area contributed by atoms with Crippen LogP contribution in [0.2, 0.25) is 0 Å². The van der Waals surface area contributed by atoms with Gasteiger partial charge in [0.1, 0.15) is 23.3 Å². The van der Waals surface area contributed by atoms with Crippen molar-refractivity contribution in [3.8, 4) is 0 Å². The third-order valence-corrected chi connectivity index (χ3v) is 12.0. The molecule has 4 nitrogen and oxygen atoms in total. The van der Waals surface area contributed by atoms with Gasteiger partial charge in [-0.2, -0.15) is 0 Å². The summed E-state index contributed by atoms with van der Waals surface area (Å²) < 4.78 is 59.4. The minimum Gasteiger partial charge on any atom is -0.285 e. The lowest BCUT2D eigenvalue weighted by molar-refractivity contribution is -0.110. The number of hydrogen-bond donors (Lipinski definition) is 0. The van der Waals surface area contributed by atoms with E-state index in [1.807, 2.05) is 39.8 Å². The lowest BCUT2D eigenvalue weighted by atomic mass is 9.79. The monoisotopic (exact) mass is 700 g/mol. The molecule has 4 aliphatic rings. The summed E-state index contributed by atoms with van der Waals surface area (Å²) in [7, 11) is 0. The molecule has 1 aromatic heterocycles. The average molecular weight is 701 g/mol. The number of ketones is 4. The molecular formula is C42H24F4O4S. The molecule has 1 heterocycles. The predicted octanol–water partition coefficient (Wildman–Crippen LogP) is 9.66. The Kier molecular flexibility index (Phi) is 6.19. The van der Waals surface area contributed by atoms with E-state index in [-0.39, 0.29) is 22.3 Å². The van der Waals surface area contributed by atoms with E-state index in [9.17, 15) is 36.7 Å². The van der Waals surface area contributed by atoms with Gasteiger partial charge in [-0.15, -0.1) is 11.3 Å². The highest BCUT2D eigenvalue weighted by Crippen LogP contribution is 2.51. The Morgan fingerprint density at radius 3 is 1.31 bits per heavy atom. The number of allylic oxidation sites excluding steroid dienone is 6. The molecule has 0 saturated heterocycles. The van der Waals surface area contributed by atoms with Crippen molar-refractivity contribution in [3.63, 3.8) is 0 Å². The fourth-order valence-corrected chi connectivity index (χ4v) is 9.19. The summed E-state index contributed by atoms with van der Waals surface area (Å²) in [4.78, 5) is 51.2. The highest BCUT2D eigenvalue weighted by molar-refractivity contribution is 7.25. The second-order valence-electron chi connectivity index (χ2n) is 14.5. The molecule has 5 aromatic rings. The summed E-state index contributed by atoms with van der Waals surface area (Å²) in [6, 6.07) is 11.6. The van der Waals surface area contributed by atoms with Crippen LogP contribution in [0.3, 0.4) is 0 Å². The van der Waals surface area contributed by atoms with Gasteiger partial charge in [0.15, 0.2) is 0 Å². The van der Waals surface area contributed by atoms with Crippen LogP contribution in [0, 0.1) is 23.3 Å². The standard InChI is InChI=1S/C42H24F4O4S/c1-41(2)19(9-27-25-11-21(43)13-31(45)35(25)39(49)37(27)47)5-17-7-33-23(15-29(17)41)24-16-30-18(8-34(24)51-33)6-20(42(30,3)4)10-28-26-12-22(44)14-32(46)36(26)40(50)38(28)48/h5-16H,1-4H3/b27-9-,28-10-. The number of thiophene rings is 1. The van der Waals surface area contributed by atoms with Gasteiger partial charge >= 0.3 is 0 Å². The summed E-state index contributed by atoms with van der Waals surface area (Å²) >= 11 is 1.60. The third kappa shape index (κ3) is 4.18. The number of carbonyl (C=O) groups is 4. The van der Waals surface area contributed by atoms with Crippen LogP contribution >= 0.6 is 11.3 Å². The van der Waals surface area contributed by atoms with Crippen molar-refractivity contribution in [2.24, 2.45) is 0 Å². The van der Waals surface area contributed by atoms with E-state index < -0.39 is 68.4 Å². The van der Waals surface area contributed by atoms with Gasteiger partial charge in [0.2, 0.25) is 23.1 Å². The molecule has 0 atom stereocenters. The van der Waals surface area contributed by atoms with Gasteiger partial charge in [-0.05, 0) is 82.0 Å². The number of rotatable bonds is 2. The molecule has 0 radical (unpaired) electrons. The van der Waals surface area contributed by atoms with Gasteiger partial charge in [0, 0.05) is 65.4 Å². The van der Waals surface area contributed by atoms with Crippen LogP contribution in [0.25, 0.3) is 43.5 Å². The number of hydrogen-bond acceptors (Lipinski definition) is 5. The zero-order chi connectivity index (χ0) is 36.0. The Morgan fingerprint density at radius 2 is 0.922 bits per heavy atom. The summed E-state index contributed by atoms with van der Waals surface area (Å²) in [5.74, 6) is -7.60. The van der Waals surface area contributed by atoms with Crippen molar-refractivity contribution < 1.29 is 36.7 Å². The van der Waals surface area contributed by atoms with Crippen LogP contribution in [0.4, 0.5) is 17.6 Å². The molecule has 9 heteroatoms. The zero-order valence-electron chi connectivity index (χ0n) is 27.5. The van der Waals surface area contributed by atoms with Gasteiger partial charge in [-0.1, -0.05) is 39.8 Å². The normalized spacial score (nSPS) is 19.8. The molecule has 0 unspecified atom stereocenters. The minimum atomic E-state index is -1.06.